The lowest BCUT2D eigenvalue weighted by molar-refractivity contribution is 0.276. The van der Waals surface area contributed by atoms with Crippen LogP contribution in [0.15, 0.2) is 29.2 Å². The second kappa shape index (κ2) is 6.20. The maximum atomic E-state index is 11.2. The van der Waals surface area contributed by atoms with Crippen LogP contribution in [0, 0.1) is 0 Å². The van der Waals surface area contributed by atoms with E-state index in [2.05, 4.69) is 0 Å². The monoisotopic (exact) mass is 265 g/mol. The van der Waals surface area contributed by atoms with E-state index >= 15 is 0 Å². The number of nitrogens with two attached hydrogens (primary N) is 1. The average Bonchev–Trinajstić information content (AvgIpc) is 2.17. The second-order valence-corrected chi connectivity index (χ2v) is 5.48. The molecule has 1 atom stereocenters. The topological polar surface area (TPSA) is 80.4 Å². The number of benzene rings is 1. The number of hydrogen-bond donors (Lipinski definition) is 2. The van der Waals surface area contributed by atoms with Crippen LogP contribution in [-0.2, 0) is 9.84 Å². The van der Waals surface area contributed by atoms with Gasteiger partial charge in [0.1, 0.15) is 0 Å². The van der Waals surface area contributed by atoms with Crippen molar-refractivity contribution in [1.29, 1.82) is 0 Å². The van der Waals surface area contributed by atoms with Crippen LogP contribution in [0.25, 0.3) is 0 Å². The molecule has 0 aromatic heterocycles. The van der Waals surface area contributed by atoms with E-state index in [1.165, 1.54) is 12.1 Å². The maximum absolute atomic E-state index is 11.2. The molecule has 16 heavy (non-hydrogen) atoms. The first kappa shape index (κ1) is 15.4. The summed E-state index contributed by atoms with van der Waals surface area (Å²) in [4.78, 5) is 0.280. The summed E-state index contributed by atoms with van der Waals surface area (Å²) in [6.07, 6.45) is 1.63. The minimum Gasteiger partial charge on any atom is -0.396 e. The molecular weight excluding hydrogens is 250 g/mol. The molecule has 0 spiro atoms. The smallest absolute Gasteiger partial charge is 0.175 e. The summed E-state index contributed by atoms with van der Waals surface area (Å²) in [6, 6.07) is 6.17. The van der Waals surface area contributed by atoms with Crippen molar-refractivity contribution >= 4 is 22.2 Å². The predicted octanol–water partition coefficient (Wildman–Crippen LogP) is 0.894. The lowest BCUT2D eigenvalue weighted by Crippen LogP contribution is -2.12. The van der Waals surface area contributed by atoms with Crippen LogP contribution < -0.4 is 5.73 Å². The van der Waals surface area contributed by atoms with E-state index < -0.39 is 9.84 Å². The molecule has 4 nitrogen and oxygen atoms in total. The summed E-state index contributed by atoms with van der Waals surface area (Å²) < 4.78 is 22.3. The summed E-state index contributed by atoms with van der Waals surface area (Å²) in [5, 5.41) is 8.71. The normalized spacial score (nSPS) is 12.9. The first-order valence-corrected chi connectivity index (χ1v) is 6.50. The summed E-state index contributed by atoms with van der Waals surface area (Å²) in [7, 11) is -3.15. The van der Waals surface area contributed by atoms with Gasteiger partial charge in [-0.1, -0.05) is 12.1 Å². The van der Waals surface area contributed by atoms with Gasteiger partial charge in [0.05, 0.1) is 4.90 Å². The van der Waals surface area contributed by atoms with Crippen LogP contribution in [0.2, 0.25) is 0 Å². The Labute approximate surface area is 102 Å². The molecule has 1 aromatic rings. The van der Waals surface area contributed by atoms with Crippen molar-refractivity contribution < 1.29 is 13.5 Å². The Morgan fingerprint density at radius 1 is 1.31 bits per heavy atom. The standard InChI is InChI=1S/C10H15NO3S.ClH/c1-15(13,14)9-4-2-8(3-5-9)10(11)6-7-12;/h2-5,10,12H,6-7,11H2,1H3;1H/t10-;/m1./s1. The third-order valence-electron chi connectivity index (χ3n) is 2.18. The summed E-state index contributed by atoms with van der Waals surface area (Å²) in [6.45, 7) is 0.0228. The van der Waals surface area contributed by atoms with Gasteiger partial charge in [0.15, 0.2) is 9.84 Å². The van der Waals surface area contributed by atoms with Crippen LogP contribution in [0.5, 0.6) is 0 Å². The molecule has 0 unspecified atom stereocenters. The number of rotatable bonds is 4. The van der Waals surface area contributed by atoms with Crippen molar-refractivity contribution in [3.8, 4) is 0 Å². The highest BCUT2D eigenvalue weighted by Gasteiger charge is 2.09. The molecule has 1 aromatic carbocycles. The molecule has 0 fully saturated rings. The van der Waals surface area contributed by atoms with E-state index in [1.807, 2.05) is 0 Å². The third-order valence-corrected chi connectivity index (χ3v) is 3.30. The Balaban J connectivity index is 0.00000225. The highest BCUT2D eigenvalue weighted by atomic mass is 35.5. The molecule has 0 heterocycles. The molecule has 0 saturated heterocycles. The van der Waals surface area contributed by atoms with Gasteiger partial charge in [-0.2, -0.15) is 0 Å². The van der Waals surface area contributed by atoms with Gasteiger partial charge in [0, 0.05) is 18.9 Å². The number of aliphatic hydroxyl groups is 1. The van der Waals surface area contributed by atoms with Crippen molar-refractivity contribution in [3.63, 3.8) is 0 Å². The third kappa shape index (κ3) is 4.09. The lowest BCUT2D eigenvalue weighted by Gasteiger charge is -2.10. The number of aliphatic hydroxyl groups excluding tert-OH is 1. The van der Waals surface area contributed by atoms with E-state index in [1.54, 1.807) is 12.1 Å². The Hall–Kier alpha value is -0.620. The van der Waals surface area contributed by atoms with Crippen molar-refractivity contribution in [3.05, 3.63) is 29.8 Å². The van der Waals surface area contributed by atoms with Crippen molar-refractivity contribution in [2.24, 2.45) is 5.73 Å². The molecule has 0 aliphatic heterocycles. The van der Waals surface area contributed by atoms with Gasteiger partial charge in [-0.25, -0.2) is 8.42 Å². The van der Waals surface area contributed by atoms with Gasteiger partial charge in [-0.15, -0.1) is 12.4 Å². The molecule has 92 valence electrons. The Bertz CT molecular complexity index is 416. The Kier molecular flexibility index (Phi) is 5.96. The van der Waals surface area contributed by atoms with Gasteiger partial charge in [-0.3, -0.25) is 0 Å². The molecule has 3 N–H and O–H groups in total. The molecular formula is C10H16ClNO3S. The minimum atomic E-state index is -3.15. The zero-order valence-corrected chi connectivity index (χ0v) is 10.6. The molecule has 0 saturated carbocycles. The number of halogens is 1. The summed E-state index contributed by atoms with van der Waals surface area (Å²) in [5.41, 5.74) is 6.59. The van der Waals surface area contributed by atoms with Crippen molar-refractivity contribution in [1.82, 2.24) is 0 Å². The molecule has 0 aliphatic rings. The lowest BCUT2D eigenvalue weighted by atomic mass is 10.1. The first-order chi connectivity index (χ1) is 6.95. The minimum absolute atomic E-state index is 0. The fourth-order valence-corrected chi connectivity index (χ4v) is 1.90. The number of hydrogen-bond acceptors (Lipinski definition) is 4. The van der Waals surface area contributed by atoms with E-state index in [9.17, 15) is 8.42 Å². The van der Waals surface area contributed by atoms with Crippen molar-refractivity contribution in [2.45, 2.75) is 17.4 Å². The maximum Gasteiger partial charge on any atom is 0.175 e. The molecule has 0 bridgehead atoms. The molecule has 0 radical (unpaired) electrons. The van der Waals surface area contributed by atoms with Gasteiger partial charge < -0.3 is 10.8 Å². The Morgan fingerprint density at radius 2 is 1.81 bits per heavy atom. The van der Waals surface area contributed by atoms with Crippen LogP contribution in [0.1, 0.15) is 18.0 Å². The highest BCUT2D eigenvalue weighted by Crippen LogP contribution is 2.16. The van der Waals surface area contributed by atoms with Crippen molar-refractivity contribution in [2.75, 3.05) is 12.9 Å². The average molecular weight is 266 g/mol. The zero-order valence-electron chi connectivity index (χ0n) is 8.96. The summed E-state index contributed by atoms with van der Waals surface area (Å²) >= 11 is 0. The molecule has 0 aliphatic carbocycles. The van der Waals surface area contributed by atoms with Gasteiger partial charge in [0.25, 0.3) is 0 Å². The van der Waals surface area contributed by atoms with Gasteiger partial charge in [-0.05, 0) is 24.1 Å². The Morgan fingerprint density at radius 3 is 2.19 bits per heavy atom. The van der Waals surface area contributed by atoms with E-state index in [0.29, 0.717) is 6.42 Å². The van der Waals surface area contributed by atoms with Crippen LogP contribution >= 0.6 is 12.4 Å². The van der Waals surface area contributed by atoms with Crippen LogP contribution in [-0.4, -0.2) is 26.4 Å². The summed E-state index contributed by atoms with van der Waals surface area (Å²) in [5.74, 6) is 0. The van der Waals surface area contributed by atoms with Crippen LogP contribution in [0.3, 0.4) is 0 Å². The largest absolute Gasteiger partial charge is 0.396 e. The van der Waals surface area contributed by atoms with Gasteiger partial charge in [0.2, 0.25) is 0 Å². The quantitative estimate of drug-likeness (QED) is 0.847. The zero-order chi connectivity index (χ0) is 11.5. The molecule has 1 rings (SSSR count). The SMILES string of the molecule is CS(=O)(=O)c1ccc([C@H](N)CCO)cc1.Cl. The fraction of sp³-hybridized carbons (Fsp3) is 0.400. The fourth-order valence-electron chi connectivity index (χ4n) is 1.27. The van der Waals surface area contributed by atoms with E-state index in [4.69, 9.17) is 10.8 Å². The first-order valence-electron chi connectivity index (χ1n) is 4.61. The van der Waals surface area contributed by atoms with Gasteiger partial charge >= 0.3 is 0 Å². The second-order valence-electron chi connectivity index (χ2n) is 3.46. The molecule has 6 heteroatoms. The number of sulfone groups is 1. The molecule has 0 amide bonds. The van der Waals surface area contributed by atoms with Crippen LogP contribution in [0.4, 0.5) is 0 Å². The van der Waals surface area contributed by atoms with E-state index in [0.717, 1.165) is 11.8 Å². The highest BCUT2D eigenvalue weighted by molar-refractivity contribution is 7.90. The predicted molar refractivity (Wildman–Crippen MR) is 65.4 cm³/mol. The van der Waals surface area contributed by atoms with E-state index in [-0.39, 0.29) is 30.0 Å².